The third-order valence-corrected chi connectivity index (χ3v) is 2.21. The molecule has 0 aliphatic rings. The lowest BCUT2D eigenvalue weighted by Crippen LogP contribution is -2.36. The monoisotopic (exact) mass is 259 g/mol. The van der Waals surface area contributed by atoms with Crippen molar-refractivity contribution in [3.63, 3.8) is 0 Å². The molecule has 0 saturated carbocycles. The van der Waals surface area contributed by atoms with Crippen LogP contribution in [0.15, 0.2) is 36.4 Å². The van der Waals surface area contributed by atoms with Gasteiger partial charge in [0, 0.05) is 6.38 Å². The topological polar surface area (TPSA) is 63.3 Å². The quantitative estimate of drug-likeness (QED) is 0.821. The Kier molecular flexibility index (Phi) is 14.0. The van der Waals surface area contributed by atoms with E-state index in [1.807, 2.05) is 50.2 Å². The molecule has 0 aliphatic heterocycles. The number of rotatable bonds is 3. The molecule has 2 atom stereocenters. The summed E-state index contributed by atoms with van der Waals surface area (Å²) in [4.78, 5) is 10.2. The molecular weight excluding hydrogens is 238 g/mol. The van der Waals surface area contributed by atoms with E-state index in [0.717, 1.165) is 6.42 Å². The lowest BCUT2D eigenvalue weighted by molar-refractivity contribution is -0.139. The van der Waals surface area contributed by atoms with Gasteiger partial charge in [0.2, 0.25) is 0 Å². The van der Waals surface area contributed by atoms with Crippen molar-refractivity contribution in [1.29, 1.82) is 0 Å². The van der Waals surface area contributed by atoms with Gasteiger partial charge in [-0.1, -0.05) is 56.7 Å². The molecule has 2 unspecified atom stereocenters. The minimum absolute atomic E-state index is 0.0718. The first-order chi connectivity index (χ1) is 8.09. The van der Waals surface area contributed by atoms with Gasteiger partial charge in [-0.05, 0) is 5.92 Å². The Hall–Kier alpha value is -1.06. The number of halogens is 1. The maximum atomic E-state index is 10.2. The zero-order valence-electron chi connectivity index (χ0n) is 10.6. The van der Waals surface area contributed by atoms with Crippen LogP contribution in [0.2, 0.25) is 0 Å². The second kappa shape index (κ2) is 13.0. The molecule has 0 aliphatic carbocycles. The van der Waals surface area contributed by atoms with Gasteiger partial charge in [0.1, 0.15) is 6.04 Å². The second-order valence-electron chi connectivity index (χ2n) is 3.40. The van der Waals surface area contributed by atoms with Crippen molar-refractivity contribution in [2.75, 3.05) is 6.38 Å². The van der Waals surface area contributed by atoms with Crippen molar-refractivity contribution in [2.24, 2.45) is 11.7 Å². The zero-order valence-corrected chi connectivity index (χ0v) is 11.4. The van der Waals surface area contributed by atoms with Crippen LogP contribution in [0.1, 0.15) is 20.3 Å². The molecule has 4 heteroatoms. The van der Waals surface area contributed by atoms with Gasteiger partial charge < -0.3 is 10.8 Å². The van der Waals surface area contributed by atoms with Gasteiger partial charge in [-0.2, -0.15) is 0 Å². The van der Waals surface area contributed by atoms with Crippen LogP contribution in [0.4, 0.5) is 0 Å². The molecule has 0 fully saturated rings. The molecule has 0 aromatic heterocycles. The maximum absolute atomic E-state index is 10.2. The normalized spacial score (nSPS) is 12.1. The maximum Gasteiger partial charge on any atom is 0.320 e. The molecule has 0 bridgehead atoms. The lowest BCUT2D eigenvalue weighted by Gasteiger charge is -2.11. The predicted octanol–water partition coefficient (Wildman–Crippen LogP) is 2.99. The fraction of sp³-hybridized carbons (Fsp3) is 0.462. The standard InChI is InChI=1S/C6H13NO2.C6H6.CH3Cl/c1-3-4(2)5(7)6(8)9;1-2-4-6-5-3-1;1-2/h4-5H,3,7H2,1-2H3,(H,8,9);1-6H;1H3. The largest absolute Gasteiger partial charge is 0.480 e. The van der Waals surface area contributed by atoms with Crippen molar-refractivity contribution in [2.45, 2.75) is 26.3 Å². The summed E-state index contributed by atoms with van der Waals surface area (Å²) >= 11 is 4.64. The van der Waals surface area contributed by atoms with Crippen LogP contribution >= 0.6 is 11.6 Å². The zero-order chi connectivity index (χ0) is 13.7. The van der Waals surface area contributed by atoms with Crippen LogP contribution in [-0.4, -0.2) is 23.5 Å². The van der Waals surface area contributed by atoms with Gasteiger partial charge in [-0.3, -0.25) is 4.79 Å². The Labute approximate surface area is 109 Å². The Balaban J connectivity index is 0. The van der Waals surface area contributed by atoms with E-state index >= 15 is 0 Å². The minimum Gasteiger partial charge on any atom is -0.480 e. The molecule has 0 heterocycles. The Morgan fingerprint density at radius 1 is 1.18 bits per heavy atom. The van der Waals surface area contributed by atoms with E-state index in [1.54, 1.807) is 0 Å². The third-order valence-electron chi connectivity index (χ3n) is 2.21. The first-order valence-corrected chi connectivity index (χ1v) is 6.21. The molecule has 98 valence electrons. The van der Waals surface area contributed by atoms with E-state index in [4.69, 9.17) is 10.8 Å². The van der Waals surface area contributed by atoms with E-state index < -0.39 is 12.0 Å². The Morgan fingerprint density at radius 2 is 1.47 bits per heavy atom. The van der Waals surface area contributed by atoms with Gasteiger partial charge in [0.05, 0.1) is 0 Å². The summed E-state index contributed by atoms with van der Waals surface area (Å²) in [5.41, 5.74) is 5.27. The first-order valence-electron chi connectivity index (χ1n) is 5.45. The highest BCUT2D eigenvalue weighted by Gasteiger charge is 2.17. The SMILES string of the molecule is CCC(C)C(N)C(=O)O.CCl.c1ccccc1. The summed E-state index contributed by atoms with van der Waals surface area (Å²) in [5.74, 6) is -0.841. The number of benzene rings is 1. The fourth-order valence-corrected chi connectivity index (χ4v) is 0.882. The number of hydrogen-bond donors (Lipinski definition) is 2. The van der Waals surface area contributed by atoms with E-state index in [-0.39, 0.29) is 5.92 Å². The molecular formula is C13H22ClNO2. The number of carboxylic acid groups (broad SMARTS) is 1. The van der Waals surface area contributed by atoms with Crippen molar-refractivity contribution in [3.8, 4) is 0 Å². The molecule has 0 spiro atoms. The highest BCUT2D eigenvalue weighted by molar-refractivity contribution is 6.15. The van der Waals surface area contributed by atoms with E-state index in [1.165, 1.54) is 6.38 Å². The molecule has 3 nitrogen and oxygen atoms in total. The summed E-state index contributed by atoms with van der Waals surface area (Å²) in [7, 11) is 0. The van der Waals surface area contributed by atoms with Crippen LogP contribution in [0, 0.1) is 5.92 Å². The van der Waals surface area contributed by atoms with Crippen molar-refractivity contribution in [1.82, 2.24) is 0 Å². The van der Waals surface area contributed by atoms with Gasteiger partial charge in [-0.15, -0.1) is 11.6 Å². The van der Waals surface area contributed by atoms with Gasteiger partial charge in [0.25, 0.3) is 0 Å². The Morgan fingerprint density at radius 3 is 1.59 bits per heavy atom. The fourth-order valence-electron chi connectivity index (χ4n) is 0.882. The first kappa shape index (κ1) is 18.3. The molecule has 1 aromatic carbocycles. The molecule has 0 radical (unpaired) electrons. The van der Waals surface area contributed by atoms with Crippen LogP contribution in [0.5, 0.6) is 0 Å². The highest BCUT2D eigenvalue weighted by atomic mass is 35.5. The van der Waals surface area contributed by atoms with Crippen LogP contribution in [0.25, 0.3) is 0 Å². The summed E-state index contributed by atoms with van der Waals surface area (Å²) < 4.78 is 0. The number of aliphatic carboxylic acids is 1. The van der Waals surface area contributed by atoms with E-state index in [2.05, 4.69) is 11.6 Å². The van der Waals surface area contributed by atoms with E-state index in [9.17, 15) is 4.79 Å². The van der Waals surface area contributed by atoms with Crippen molar-refractivity contribution in [3.05, 3.63) is 36.4 Å². The number of carboxylic acids is 1. The summed E-state index contributed by atoms with van der Waals surface area (Å²) in [5, 5.41) is 8.36. The van der Waals surface area contributed by atoms with Gasteiger partial charge >= 0.3 is 5.97 Å². The number of alkyl halides is 1. The average molecular weight is 260 g/mol. The van der Waals surface area contributed by atoms with E-state index in [0.29, 0.717) is 0 Å². The molecule has 1 rings (SSSR count). The summed E-state index contributed by atoms with van der Waals surface area (Å²) in [6.45, 7) is 3.76. The predicted molar refractivity (Wildman–Crippen MR) is 73.3 cm³/mol. The number of carbonyl (C=O) groups is 1. The number of hydrogen-bond acceptors (Lipinski definition) is 2. The molecule has 0 saturated heterocycles. The minimum atomic E-state index is -0.913. The van der Waals surface area contributed by atoms with Gasteiger partial charge in [0.15, 0.2) is 0 Å². The molecule has 0 amide bonds. The average Bonchev–Trinajstić information content (AvgIpc) is 2.41. The lowest BCUT2D eigenvalue weighted by atomic mass is 10.0. The highest BCUT2D eigenvalue weighted by Crippen LogP contribution is 2.04. The third kappa shape index (κ3) is 11.2. The van der Waals surface area contributed by atoms with Gasteiger partial charge in [-0.25, -0.2) is 0 Å². The smallest absolute Gasteiger partial charge is 0.320 e. The molecule has 1 aromatic rings. The number of nitrogens with two attached hydrogens (primary N) is 1. The molecule has 3 N–H and O–H groups in total. The summed E-state index contributed by atoms with van der Waals surface area (Å²) in [6.07, 6.45) is 2.29. The van der Waals surface area contributed by atoms with Crippen molar-refractivity contribution < 1.29 is 9.90 Å². The van der Waals surface area contributed by atoms with Crippen LogP contribution in [-0.2, 0) is 4.79 Å². The molecule has 17 heavy (non-hydrogen) atoms. The van der Waals surface area contributed by atoms with Crippen molar-refractivity contribution >= 4 is 17.6 Å². The summed E-state index contributed by atoms with van der Waals surface area (Å²) in [6, 6.07) is 11.3. The Bertz CT molecular complexity index is 241. The van der Waals surface area contributed by atoms with Crippen LogP contribution in [0.3, 0.4) is 0 Å². The second-order valence-corrected chi connectivity index (χ2v) is 3.40. The van der Waals surface area contributed by atoms with Crippen LogP contribution < -0.4 is 5.73 Å².